The number of rotatable bonds is 2. The van der Waals surface area contributed by atoms with Gasteiger partial charge in [-0.1, -0.05) is 0 Å². The van der Waals surface area contributed by atoms with Crippen molar-refractivity contribution in [2.75, 3.05) is 20.8 Å². The number of carbonyl (C=O) groups excluding carboxylic acids is 4. The van der Waals surface area contributed by atoms with Crippen LogP contribution in [0.3, 0.4) is 0 Å². The number of methoxy groups -OCH3 is 2. The zero-order valence-electron chi connectivity index (χ0n) is 13.6. The van der Waals surface area contributed by atoms with Crippen molar-refractivity contribution in [3.63, 3.8) is 0 Å². The Morgan fingerprint density at radius 3 is 1.96 bits per heavy atom. The van der Waals surface area contributed by atoms with Gasteiger partial charge >= 0.3 is 24.1 Å². The zero-order valence-corrected chi connectivity index (χ0v) is 13.6. The Bertz CT molecular complexity index is 526. The Morgan fingerprint density at radius 2 is 1.46 bits per heavy atom. The van der Waals surface area contributed by atoms with E-state index in [1.54, 1.807) is 0 Å². The van der Waals surface area contributed by atoms with E-state index in [9.17, 15) is 19.2 Å². The first-order valence-corrected chi connectivity index (χ1v) is 7.03. The van der Waals surface area contributed by atoms with E-state index >= 15 is 0 Å². The molecule has 0 saturated carbocycles. The Labute approximate surface area is 137 Å². The molecule has 3 heterocycles. The molecule has 24 heavy (non-hydrogen) atoms. The van der Waals surface area contributed by atoms with Crippen LogP contribution in [0.4, 0.5) is 9.59 Å². The van der Waals surface area contributed by atoms with E-state index in [0.717, 1.165) is 24.0 Å². The molecule has 0 N–H and O–H groups in total. The normalized spacial score (nSPS) is 28.2. The van der Waals surface area contributed by atoms with E-state index < -0.39 is 48.6 Å². The van der Waals surface area contributed by atoms with Crippen molar-refractivity contribution in [2.45, 2.75) is 38.3 Å². The predicted octanol–water partition coefficient (Wildman–Crippen LogP) is -0.360. The van der Waals surface area contributed by atoms with Crippen molar-refractivity contribution in [3.05, 3.63) is 0 Å². The van der Waals surface area contributed by atoms with Crippen molar-refractivity contribution in [2.24, 2.45) is 0 Å². The highest BCUT2D eigenvalue weighted by Gasteiger charge is 2.60. The largest absolute Gasteiger partial charge is 0.455 e. The van der Waals surface area contributed by atoms with Crippen LogP contribution in [0.2, 0.25) is 0 Å². The second kappa shape index (κ2) is 6.91. The van der Waals surface area contributed by atoms with Gasteiger partial charge in [-0.05, 0) is 0 Å². The number of amides is 2. The summed E-state index contributed by atoms with van der Waals surface area (Å²) in [5, 5.41) is 0.763. The standard InChI is InChI=1S/C13H18N2O9/c1-6(16)22-9-8-5-14(12(18)20-3)11(10(9)23-7(2)17)15(24-8)13(19)21-4/h8-11H,5H2,1-4H3/t8-,9+,10+,11-/m1/s1. The Hall–Kier alpha value is -2.56. The van der Waals surface area contributed by atoms with E-state index in [2.05, 4.69) is 9.47 Å². The summed E-state index contributed by atoms with van der Waals surface area (Å²) in [5.74, 6) is -1.30. The van der Waals surface area contributed by atoms with Crippen molar-refractivity contribution >= 4 is 24.1 Å². The van der Waals surface area contributed by atoms with E-state index in [1.165, 1.54) is 14.0 Å². The van der Waals surface area contributed by atoms with Crippen LogP contribution in [0.25, 0.3) is 0 Å². The molecule has 0 aromatic rings. The lowest BCUT2D eigenvalue weighted by molar-refractivity contribution is -0.343. The first kappa shape index (κ1) is 17.8. The smallest absolute Gasteiger partial charge is 0.435 e. The number of hydroxylamine groups is 2. The summed E-state index contributed by atoms with van der Waals surface area (Å²) >= 11 is 0. The number of ether oxygens (including phenoxy) is 4. The van der Waals surface area contributed by atoms with E-state index in [0.29, 0.717) is 0 Å². The van der Waals surface area contributed by atoms with Gasteiger partial charge in [0, 0.05) is 13.8 Å². The quantitative estimate of drug-likeness (QED) is 0.487. The molecule has 134 valence electrons. The third-order valence-electron chi connectivity index (χ3n) is 3.54. The fraction of sp³-hybridized carbons (Fsp3) is 0.692. The fourth-order valence-corrected chi connectivity index (χ4v) is 2.72. The number of esters is 2. The van der Waals surface area contributed by atoms with E-state index in [-0.39, 0.29) is 6.54 Å². The second-order valence-corrected chi connectivity index (χ2v) is 5.12. The van der Waals surface area contributed by atoms with Crippen LogP contribution in [-0.4, -0.2) is 79.3 Å². The maximum absolute atomic E-state index is 12.0. The molecule has 3 rings (SSSR count). The summed E-state index contributed by atoms with van der Waals surface area (Å²) in [6.45, 7) is 2.31. The summed E-state index contributed by atoms with van der Waals surface area (Å²) < 4.78 is 19.6. The maximum atomic E-state index is 12.0. The third-order valence-corrected chi connectivity index (χ3v) is 3.54. The van der Waals surface area contributed by atoms with E-state index in [4.69, 9.17) is 14.3 Å². The molecule has 0 unspecified atom stereocenters. The minimum atomic E-state index is -1.21. The molecule has 11 heteroatoms. The lowest BCUT2D eigenvalue weighted by Crippen LogP contribution is -2.76. The molecule has 0 aromatic carbocycles. The molecule has 3 aliphatic heterocycles. The van der Waals surface area contributed by atoms with Crippen LogP contribution < -0.4 is 0 Å². The molecule has 0 spiro atoms. The van der Waals surface area contributed by atoms with Gasteiger partial charge < -0.3 is 18.9 Å². The number of hydrogen-bond acceptors (Lipinski definition) is 9. The van der Waals surface area contributed by atoms with Crippen molar-refractivity contribution in [3.8, 4) is 0 Å². The minimum Gasteiger partial charge on any atom is -0.455 e. The minimum absolute atomic E-state index is 0.0272. The van der Waals surface area contributed by atoms with Crippen molar-refractivity contribution < 1.29 is 43.0 Å². The molecule has 3 aliphatic rings. The molecule has 3 saturated heterocycles. The van der Waals surface area contributed by atoms with Gasteiger partial charge in [0.2, 0.25) is 0 Å². The van der Waals surface area contributed by atoms with Gasteiger partial charge in [-0.25, -0.2) is 9.59 Å². The molecule has 0 aromatic heterocycles. The molecule has 11 nitrogen and oxygen atoms in total. The Morgan fingerprint density at radius 1 is 0.917 bits per heavy atom. The highest BCUT2D eigenvalue weighted by Crippen LogP contribution is 2.35. The SMILES string of the molecule is COC(=O)N1C[C@H]2ON(C(=O)OC)[C@@H]1[C@@H](OC(C)=O)[C@H]2OC(C)=O. The third kappa shape index (κ3) is 3.20. The molecule has 0 aliphatic carbocycles. The molecule has 2 amide bonds. The maximum Gasteiger partial charge on any atom is 0.435 e. The van der Waals surface area contributed by atoms with Gasteiger partial charge in [0.15, 0.2) is 18.4 Å². The summed E-state index contributed by atoms with van der Waals surface area (Å²) in [6.07, 6.45) is -5.96. The van der Waals surface area contributed by atoms with Crippen LogP contribution in [0.1, 0.15) is 13.8 Å². The average Bonchev–Trinajstić information content (AvgIpc) is 2.54. The van der Waals surface area contributed by atoms with E-state index in [1.807, 2.05) is 0 Å². The highest BCUT2D eigenvalue weighted by molar-refractivity contribution is 5.73. The number of carbonyl (C=O) groups is 4. The summed E-state index contributed by atoms with van der Waals surface area (Å²) in [5.41, 5.74) is 0. The second-order valence-electron chi connectivity index (χ2n) is 5.12. The predicted molar refractivity (Wildman–Crippen MR) is 73.1 cm³/mol. The van der Waals surface area contributed by atoms with Gasteiger partial charge in [-0.2, -0.15) is 5.06 Å². The molecular formula is C13H18N2O9. The van der Waals surface area contributed by atoms with Gasteiger partial charge in [-0.3, -0.25) is 19.3 Å². The first-order chi connectivity index (χ1) is 11.3. The highest BCUT2D eigenvalue weighted by atomic mass is 16.8. The summed E-state index contributed by atoms with van der Waals surface area (Å²) in [6, 6.07) is 0. The fourth-order valence-electron chi connectivity index (χ4n) is 2.72. The zero-order chi connectivity index (χ0) is 18.0. The molecule has 0 radical (unpaired) electrons. The molecular weight excluding hydrogens is 328 g/mol. The molecule has 3 fully saturated rings. The van der Waals surface area contributed by atoms with Crippen LogP contribution in [-0.2, 0) is 33.4 Å². The number of hydrogen-bond donors (Lipinski definition) is 0. The summed E-state index contributed by atoms with van der Waals surface area (Å²) in [4.78, 5) is 53.3. The monoisotopic (exact) mass is 346 g/mol. The van der Waals surface area contributed by atoms with Crippen LogP contribution >= 0.6 is 0 Å². The average molecular weight is 346 g/mol. The van der Waals surface area contributed by atoms with Crippen LogP contribution in [0.5, 0.6) is 0 Å². The van der Waals surface area contributed by atoms with Gasteiger partial charge in [-0.15, -0.1) is 0 Å². The number of nitrogens with zero attached hydrogens (tertiary/aromatic N) is 2. The van der Waals surface area contributed by atoms with Crippen LogP contribution in [0, 0.1) is 0 Å². The van der Waals surface area contributed by atoms with Crippen molar-refractivity contribution in [1.82, 2.24) is 9.96 Å². The van der Waals surface area contributed by atoms with Gasteiger partial charge in [0.05, 0.1) is 20.8 Å². The van der Waals surface area contributed by atoms with Gasteiger partial charge in [0.1, 0.15) is 6.10 Å². The topological polar surface area (TPSA) is 121 Å². The lowest BCUT2D eigenvalue weighted by Gasteiger charge is -2.54. The lowest BCUT2D eigenvalue weighted by atomic mass is 9.96. The summed E-state index contributed by atoms with van der Waals surface area (Å²) in [7, 11) is 2.29. The number of fused-ring (bicyclic) bond motifs is 3. The van der Waals surface area contributed by atoms with Gasteiger partial charge in [0.25, 0.3) is 0 Å². The molecule has 4 atom stereocenters. The first-order valence-electron chi connectivity index (χ1n) is 7.03. The Balaban J connectivity index is 2.41. The molecule has 2 bridgehead atoms. The Kier molecular flexibility index (Phi) is 5.12. The van der Waals surface area contributed by atoms with Crippen molar-refractivity contribution in [1.29, 1.82) is 0 Å². The van der Waals surface area contributed by atoms with Crippen LogP contribution in [0.15, 0.2) is 0 Å². The number of piperidine rings is 1.